The van der Waals surface area contributed by atoms with Gasteiger partial charge in [-0.2, -0.15) is 5.10 Å². The van der Waals surface area contributed by atoms with Crippen LogP contribution in [-0.2, 0) is 16.9 Å². The van der Waals surface area contributed by atoms with E-state index in [1.807, 2.05) is 0 Å². The lowest BCUT2D eigenvalue weighted by Crippen LogP contribution is -2.00. The van der Waals surface area contributed by atoms with Crippen LogP contribution in [0.2, 0.25) is 5.02 Å². The number of aromatic nitrogens is 2. The molecule has 1 aromatic carbocycles. The van der Waals surface area contributed by atoms with Crippen LogP contribution in [-0.4, -0.2) is 24.5 Å². The molecule has 0 spiro atoms. The number of aryl methyl sites for hydroxylation is 1. The van der Waals surface area contributed by atoms with Gasteiger partial charge in [0.25, 0.3) is 0 Å². The molecule has 2 rings (SSSR count). The highest BCUT2D eigenvalue weighted by atomic mass is 35.5. The summed E-state index contributed by atoms with van der Waals surface area (Å²) < 4.78 is 24.9. The van der Waals surface area contributed by atoms with Gasteiger partial charge in [0.15, 0.2) is 9.84 Å². The zero-order chi connectivity index (χ0) is 13.5. The summed E-state index contributed by atoms with van der Waals surface area (Å²) in [6, 6.07) is 6.19. The van der Waals surface area contributed by atoms with E-state index in [1.54, 1.807) is 19.2 Å². The van der Waals surface area contributed by atoms with Gasteiger partial charge in [0.05, 0.1) is 10.6 Å². The van der Waals surface area contributed by atoms with Crippen molar-refractivity contribution in [2.45, 2.75) is 4.90 Å². The van der Waals surface area contributed by atoms with Crippen LogP contribution in [0.5, 0.6) is 0 Å². The van der Waals surface area contributed by atoms with Gasteiger partial charge in [0, 0.05) is 30.0 Å². The first-order valence-corrected chi connectivity index (χ1v) is 7.35. The third-order valence-corrected chi connectivity index (χ3v) is 3.92. The van der Waals surface area contributed by atoms with Crippen molar-refractivity contribution in [3.8, 4) is 11.3 Å². The Morgan fingerprint density at radius 3 is 2.50 bits per heavy atom. The molecule has 0 aliphatic carbocycles. The fourth-order valence-electron chi connectivity index (χ4n) is 1.64. The fourth-order valence-corrected chi connectivity index (χ4v) is 2.69. The van der Waals surface area contributed by atoms with Gasteiger partial charge in [-0.15, -0.1) is 0 Å². The van der Waals surface area contributed by atoms with Crippen LogP contribution in [0.3, 0.4) is 0 Å². The first-order chi connectivity index (χ1) is 8.29. The first kappa shape index (κ1) is 12.9. The number of nitrogen functional groups attached to an aromatic ring is 1. The lowest BCUT2D eigenvalue weighted by molar-refractivity contribution is 0.602. The van der Waals surface area contributed by atoms with Gasteiger partial charge in [-0.25, -0.2) is 8.42 Å². The Hall–Kier alpha value is -1.53. The molecule has 2 N–H and O–H groups in total. The van der Waals surface area contributed by atoms with Crippen LogP contribution in [0.15, 0.2) is 29.2 Å². The molecule has 1 aromatic heterocycles. The highest BCUT2D eigenvalue weighted by molar-refractivity contribution is 7.90. The molecule has 0 bridgehead atoms. The number of nitrogens with two attached hydrogens (primary N) is 1. The number of hydrogen-bond acceptors (Lipinski definition) is 4. The Balaban J connectivity index is 2.73. The standard InChI is InChI=1S/C11H12ClN3O2S/c1-15-11(13)6-9(14-15)8-5-7(12)3-4-10(8)18(2,16)17/h3-6H,13H2,1-2H3. The lowest BCUT2D eigenvalue weighted by atomic mass is 10.1. The summed E-state index contributed by atoms with van der Waals surface area (Å²) in [5, 5.41) is 4.61. The van der Waals surface area contributed by atoms with Crippen molar-refractivity contribution in [2.24, 2.45) is 7.05 Å². The van der Waals surface area contributed by atoms with Crippen molar-refractivity contribution < 1.29 is 8.42 Å². The van der Waals surface area contributed by atoms with E-state index < -0.39 is 9.84 Å². The summed E-state index contributed by atoms with van der Waals surface area (Å²) >= 11 is 5.90. The summed E-state index contributed by atoms with van der Waals surface area (Å²) in [5.74, 6) is 0.449. The number of sulfone groups is 1. The Kier molecular flexibility index (Phi) is 3.08. The lowest BCUT2D eigenvalue weighted by Gasteiger charge is -2.05. The molecule has 0 fully saturated rings. The number of hydrogen-bond donors (Lipinski definition) is 1. The third-order valence-electron chi connectivity index (χ3n) is 2.53. The zero-order valence-corrected chi connectivity index (χ0v) is 11.5. The van der Waals surface area contributed by atoms with E-state index in [0.717, 1.165) is 6.26 Å². The zero-order valence-electron chi connectivity index (χ0n) is 9.88. The molecule has 2 aromatic rings. The van der Waals surface area contributed by atoms with Gasteiger partial charge in [-0.1, -0.05) is 11.6 Å². The Morgan fingerprint density at radius 1 is 1.33 bits per heavy atom. The summed E-state index contributed by atoms with van der Waals surface area (Å²) in [6.07, 6.45) is 1.14. The maximum absolute atomic E-state index is 11.7. The Labute approximate surface area is 110 Å². The van der Waals surface area contributed by atoms with Crippen LogP contribution < -0.4 is 5.73 Å². The van der Waals surface area contributed by atoms with E-state index in [9.17, 15) is 8.42 Å². The van der Waals surface area contributed by atoms with E-state index in [0.29, 0.717) is 22.1 Å². The number of rotatable bonds is 2. The maximum Gasteiger partial charge on any atom is 0.176 e. The third kappa shape index (κ3) is 2.34. The summed E-state index contributed by atoms with van der Waals surface area (Å²) in [7, 11) is -1.67. The fraction of sp³-hybridized carbons (Fsp3) is 0.182. The maximum atomic E-state index is 11.7. The molecular formula is C11H12ClN3O2S. The van der Waals surface area contributed by atoms with Gasteiger partial charge >= 0.3 is 0 Å². The number of anilines is 1. The largest absolute Gasteiger partial charge is 0.384 e. The van der Waals surface area contributed by atoms with Gasteiger partial charge in [0.2, 0.25) is 0 Å². The summed E-state index contributed by atoms with van der Waals surface area (Å²) in [5.41, 5.74) is 6.63. The summed E-state index contributed by atoms with van der Waals surface area (Å²) in [6.45, 7) is 0. The Bertz CT molecular complexity index is 688. The molecule has 96 valence electrons. The number of halogens is 1. The van der Waals surface area contributed by atoms with Crippen LogP contribution in [0.4, 0.5) is 5.82 Å². The van der Waals surface area contributed by atoms with E-state index in [-0.39, 0.29) is 4.90 Å². The van der Waals surface area contributed by atoms with Crippen LogP contribution >= 0.6 is 11.6 Å². The highest BCUT2D eigenvalue weighted by Crippen LogP contribution is 2.30. The minimum atomic E-state index is -3.35. The number of nitrogens with zero attached hydrogens (tertiary/aromatic N) is 2. The average Bonchev–Trinajstić information content (AvgIpc) is 2.57. The van der Waals surface area contributed by atoms with Crippen molar-refractivity contribution in [1.82, 2.24) is 9.78 Å². The molecule has 0 unspecified atom stereocenters. The topological polar surface area (TPSA) is 78.0 Å². The van der Waals surface area contributed by atoms with Crippen molar-refractivity contribution in [3.63, 3.8) is 0 Å². The molecule has 18 heavy (non-hydrogen) atoms. The molecule has 0 saturated carbocycles. The van der Waals surface area contributed by atoms with Gasteiger partial charge in [0.1, 0.15) is 5.82 Å². The second kappa shape index (κ2) is 4.29. The predicted octanol–water partition coefficient (Wildman–Crippen LogP) is 1.73. The molecule has 0 amide bonds. The van der Waals surface area contributed by atoms with E-state index in [1.165, 1.54) is 16.8 Å². The SMILES string of the molecule is Cn1nc(-c2cc(Cl)ccc2S(C)(=O)=O)cc1N. The highest BCUT2D eigenvalue weighted by Gasteiger charge is 2.17. The van der Waals surface area contributed by atoms with Crippen molar-refractivity contribution >= 4 is 27.3 Å². The minimum absolute atomic E-state index is 0.185. The van der Waals surface area contributed by atoms with Crippen LogP contribution in [0.1, 0.15) is 0 Å². The van der Waals surface area contributed by atoms with E-state index >= 15 is 0 Å². The molecule has 7 heteroatoms. The van der Waals surface area contributed by atoms with Gasteiger partial charge in [-0.3, -0.25) is 4.68 Å². The van der Waals surface area contributed by atoms with E-state index in [4.69, 9.17) is 17.3 Å². The molecule has 0 atom stereocenters. The van der Waals surface area contributed by atoms with Gasteiger partial charge in [-0.05, 0) is 18.2 Å². The molecule has 0 saturated heterocycles. The first-order valence-electron chi connectivity index (χ1n) is 5.08. The molecule has 5 nitrogen and oxygen atoms in total. The molecule has 0 radical (unpaired) electrons. The second-order valence-corrected chi connectivity index (χ2v) is 6.41. The Morgan fingerprint density at radius 2 is 2.00 bits per heavy atom. The van der Waals surface area contributed by atoms with Crippen molar-refractivity contribution in [2.75, 3.05) is 12.0 Å². The monoisotopic (exact) mass is 285 g/mol. The van der Waals surface area contributed by atoms with Crippen molar-refractivity contribution in [1.29, 1.82) is 0 Å². The van der Waals surface area contributed by atoms with Crippen LogP contribution in [0.25, 0.3) is 11.3 Å². The minimum Gasteiger partial charge on any atom is -0.384 e. The predicted molar refractivity (Wildman–Crippen MR) is 71.2 cm³/mol. The van der Waals surface area contributed by atoms with Crippen molar-refractivity contribution in [3.05, 3.63) is 29.3 Å². The van der Waals surface area contributed by atoms with Gasteiger partial charge < -0.3 is 5.73 Å². The normalized spacial score (nSPS) is 11.7. The van der Waals surface area contributed by atoms with E-state index in [2.05, 4.69) is 5.10 Å². The van der Waals surface area contributed by atoms with Crippen LogP contribution in [0, 0.1) is 0 Å². The average molecular weight is 286 g/mol. The molecular weight excluding hydrogens is 274 g/mol. The number of benzene rings is 1. The molecule has 0 aliphatic rings. The molecule has 1 heterocycles. The summed E-state index contributed by atoms with van der Waals surface area (Å²) in [4.78, 5) is 0.185. The molecule has 0 aliphatic heterocycles. The quantitative estimate of drug-likeness (QED) is 0.911. The second-order valence-electron chi connectivity index (χ2n) is 3.99. The smallest absolute Gasteiger partial charge is 0.176 e.